The molecule has 108 valence electrons. The lowest BCUT2D eigenvalue weighted by molar-refractivity contribution is 0.0845. The normalized spacial score (nSPS) is 11.2. The number of aliphatic hydroxyl groups is 1. The molecule has 0 amide bonds. The molecular weight excluding hydrogens is 252 g/mol. The van der Waals surface area contributed by atoms with Crippen molar-refractivity contribution >= 4 is 16.7 Å². The second-order valence-electron chi connectivity index (χ2n) is 5.16. The molecule has 4 heteroatoms. The topological polar surface area (TPSA) is 45.6 Å². The number of aliphatic hydroxyl groups excluding tert-OH is 1. The van der Waals surface area contributed by atoms with Gasteiger partial charge in [-0.25, -0.2) is 4.98 Å². The van der Waals surface area contributed by atoms with Crippen molar-refractivity contribution in [1.82, 2.24) is 4.98 Å². The maximum Gasteiger partial charge on any atom is 0.134 e. The van der Waals surface area contributed by atoms with Crippen LogP contribution >= 0.6 is 0 Å². The Kier molecular flexibility index (Phi) is 4.93. The van der Waals surface area contributed by atoms with Crippen molar-refractivity contribution in [3.05, 3.63) is 35.9 Å². The largest absolute Gasteiger partial charge is 0.392 e. The third-order valence-corrected chi connectivity index (χ3v) is 3.19. The number of likely N-dealkylation sites (N-methyl/N-ethyl adjacent to an activating group) is 1. The van der Waals surface area contributed by atoms with Gasteiger partial charge in [0.05, 0.1) is 24.8 Å². The summed E-state index contributed by atoms with van der Waals surface area (Å²) in [6.45, 7) is 5.42. The Morgan fingerprint density at radius 1 is 1.30 bits per heavy atom. The molecule has 0 aliphatic carbocycles. The number of rotatable bonds is 6. The SMILES string of the molecule is CC(C)OCCN(C)c1nc2ccccc2cc1CO. The van der Waals surface area contributed by atoms with Gasteiger partial charge in [0.2, 0.25) is 0 Å². The molecule has 0 fully saturated rings. The van der Waals surface area contributed by atoms with Crippen LogP contribution in [-0.2, 0) is 11.3 Å². The Labute approximate surface area is 120 Å². The molecule has 0 unspecified atom stereocenters. The van der Waals surface area contributed by atoms with Gasteiger partial charge < -0.3 is 14.7 Å². The summed E-state index contributed by atoms with van der Waals surface area (Å²) in [5, 5.41) is 10.6. The van der Waals surface area contributed by atoms with Gasteiger partial charge >= 0.3 is 0 Å². The molecule has 0 aliphatic heterocycles. The summed E-state index contributed by atoms with van der Waals surface area (Å²) >= 11 is 0. The lowest BCUT2D eigenvalue weighted by Gasteiger charge is -2.22. The molecule has 1 heterocycles. The summed E-state index contributed by atoms with van der Waals surface area (Å²) in [5.74, 6) is 0.818. The highest BCUT2D eigenvalue weighted by Crippen LogP contribution is 2.22. The van der Waals surface area contributed by atoms with Crippen LogP contribution in [0, 0.1) is 0 Å². The van der Waals surface area contributed by atoms with E-state index in [0.29, 0.717) is 6.61 Å². The predicted molar refractivity (Wildman–Crippen MR) is 82.0 cm³/mol. The van der Waals surface area contributed by atoms with E-state index in [2.05, 4.69) is 4.98 Å². The van der Waals surface area contributed by atoms with E-state index in [-0.39, 0.29) is 12.7 Å². The zero-order valence-electron chi connectivity index (χ0n) is 12.3. The maximum absolute atomic E-state index is 9.54. The first-order chi connectivity index (χ1) is 9.61. The van der Waals surface area contributed by atoms with E-state index < -0.39 is 0 Å². The summed E-state index contributed by atoms with van der Waals surface area (Å²) in [5.41, 5.74) is 1.78. The molecule has 2 aromatic rings. The number of hydrogen-bond acceptors (Lipinski definition) is 4. The molecule has 1 aromatic heterocycles. The summed E-state index contributed by atoms with van der Waals surface area (Å²) in [6.07, 6.45) is 0.227. The summed E-state index contributed by atoms with van der Waals surface area (Å²) in [4.78, 5) is 6.68. The van der Waals surface area contributed by atoms with Crippen molar-refractivity contribution in [3.8, 4) is 0 Å². The van der Waals surface area contributed by atoms with E-state index in [0.717, 1.165) is 28.8 Å². The molecule has 0 saturated heterocycles. The molecule has 0 radical (unpaired) electrons. The first kappa shape index (κ1) is 14.8. The van der Waals surface area contributed by atoms with Crippen LogP contribution in [0.25, 0.3) is 10.9 Å². The predicted octanol–water partition coefficient (Wildman–Crippen LogP) is 2.59. The highest BCUT2D eigenvalue weighted by atomic mass is 16.5. The van der Waals surface area contributed by atoms with Gasteiger partial charge in [0, 0.05) is 24.5 Å². The van der Waals surface area contributed by atoms with Crippen LogP contribution in [0.1, 0.15) is 19.4 Å². The molecule has 0 saturated carbocycles. The summed E-state index contributed by atoms with van der Waals surface area (Å²) < 4.78 is 5.56. The smallest absolute Gasteiger partial charge is 0.134 e. The number of pyridine rings is 1. The maximum atomic E-state index is 9.54. The number of aromatic nitrogens is 1. The molecule has 2 rings (SSSR count). The Balaban J connectivity index is 2.22. The number of hydrogen-bond donors (Lipinski definition) is 1. The third kappa shape index (κ3) is 3.46. The van der Waals surface area contributed by atoms with Crippen molar-refractivity contribution in [2.24, 2.45) is 0 Å². The van der Waals surface area contributed by atoms with Gasteiger partial charge in [-0.2, -0.15) is 0 Å². The number of para-hydroxylation sites is 1. The first-order valence-electron chi connectivity index (χ1n) is 6.94. The molecule has 20 heavy (non-hydrogen) atoms. The number of nitrogens with zero attached hydrogens (tertiary/aromatic N) is 2. The van der Waals surface area contributed by atoms with Crippen LogP contribution in [0.4, 0.5) is 5.82 Å². The fourth-order valence-corrected chi connectivity index (χ4v) is 2.13. The first-order valence-corrected chi connectivity index (χ1v) is 6.94. The molecule has 0 spiro atoms. The fraction of sp³-hybridized carbons (Fsp3) is 0.438. The highest BCUT2D eigenvalue weighted by molar-refractivity contribution is 5.81. The molecule has 4 nitrogen and oxygen atoms in total. The van der Waals surface area contributed by atoms with Crippen LogP contribution in [0.5, 0.6) is 0 Å². The Morgan fingerprint density at radius 2 is 2.05 bits per heavy atom. The van der Waals surface area contributed by atoms with Gasteiger partial charge in [0.1, 0.15) is 5.82 Å². The van der Waals surface area contributed by atoms with E-state index in [4.69, 9.17) is 4.74 Å². The molecule has 0 bridgehead atoms. The van der Waals surface area contributed by atoms with Crippen LogP contribution in [-0.4, -0.2) is 36.4 Å². The van der Waals surface area contributed by atoms with Crippen molar-refractivity contribution in [3.63, 3.8) is 0 Å². The minimum absolute atomic E-state index is 0.0114. The van der Waals surface area contributed by atoms with Gasteiger partial charge in [0.25, 0.3) is 0 Å². The molecular formula is C16H22N2O2. The molecule has 0 atom stereocenters. The zero-order chi connectivity index (χ0) is 14.5. The fourth-order valence-electron chi connectivity index (χ4n) is 2.13. The standard InChI is InChI=1S/C16H22N2O2/c1-12(2)20-9-8-18(3)16-14(11-19)10-13-6-4-5-7-15(13)17-16/h4-7,10,12,19H,8-9,11H2,1-3H3. The van der Waals surface area contributed by atoms with Gasteiger partial charge in [0.15, 0.2) is 0 Å². The lowest BCUT2D eigenvalue weighted by atomic mass is 10.1. The van der Waals surface area contributed by atoms with Crippen molar-refractivity contribution in [2.75, 3.05) is 25.1 Å². The Bertz CT molecular complexity index is 569. The van der Waals surface area contributed by atoms with E-state index in [1.807, 2.05) is 56.1 Å². The third-order valence-electron chi connectivity index (χ3n) is 3.19. The van der Waals surface area contributed by atoms with E-state index in [1.54, 1.807) is 0 Å². The van der Waals surface area contributed by atoms with Crippen LogP contribution in [0.3, 0.4) is 0 Å². The van der Waals surface area contributed by atoms with E-state index >= 15 is 0 Å². The van der Waals surface area contributed by atoms with Crippen molar-refractivity contribution in [1.29, 1.82) is 0 Å². The number of benzene rings is 1. The molecule has 0 aliphatic rings. The van der Waals surface area contributed by atoms with Gasteiger partial charge in [-0.1, -0.05) is 18.2 Å². The van der Waals surface area contributed by atoms with Gasteiger partial charge in [-0.15, -0.1) is 0 Å². The monoisotopic (exact) mass is 274 g/mol. The lowest BCUT2D eigenvalue weighted by Crippen LogP contribution is -2.25. The number of fused-ring (bicyclic) bond motifs is 1. The average molecular weight is 274 g/mol. The van der Waals surface area contributed by atoms with E-state index in [1.165, 1.54) is 0 Å². The molecule has 1 aromatic carbocycles. The summed E-state index contributed by atoms with van der Waals surface area (Å²) in [6, 6.07) is 9.94. The van der Waals surface area contributed by atoms with Crippen molar-refractivity contribution in [2.45, 2.75) is 26.6 Å². The highest BCUT2D eigenvalue weighted by Gasteiger charge is 2.10. The Hall–Kier alpha value is -1.65. The summed E-state index contributed by atoms with van der Waals surface area (Å²) in [7, 11) is 1.97. The quantitative estimate of drug-likeness (QED) is 0.879. The van der Waals surface area contributed by atoms with E-state index in [9.17, 15) is 5.11 Å². The minimum Gasteiger partial charge on any atom is -0.392 e. The van der Waals surface area contributed by atoms with Crippen LogP contribution < -0.4 is 4.90 Å². The van der Waals surface area contributed by atoms with Crippen LogP contribution in [0.2, 0.25) is 0 Å². The van der Waals surface area contributed by atoms with Crippen LogP contribution in [0.15, 0.2) is 30.3 Å². The Morgan fingerprint density at radius 3 is 2.75 bits per heavy atom. The van der Waals surface area contributed by atoms with Crippen molar-refractivity contribution < 1.29 is 9.84 Å². The number of ether oxygens (including phenoxy) is 1. The zero-order valence-corrected chi connectivity index (χ0v) is 12.3. The van der Waals surface area contributed by atoms with Gasteiger partial charge in [-0.05, 0) is 26.0 Å². The average Bonchev–Trinajstić information content (AvgIpc) is 2.45. The second kappa shape index (κ2) is 6.68. The second-order valence-corrected chi connectivity index (χ2v) is 5.16. The molecule has 1 N–H and O–H groups in total. The van der Waals surface area contributed by atoms with Gasteiger partial charge in [-0.3, -0.25) is 0 Å². The minimum atomic E-state index is -0.0114. The number of anilines is 1.